The van der Waals surface area contributed by atoms with E-state index in [2.05, 4.69) is 5.32 Å². The summed E-state index contributed by atoms with van der Waals surface area (Å²) < 4.78 is 10.4. The maximum absolute atomic E-state index is 12.5. The summed E-state index contributed by atoms with van der Waals surface area (Å²) in [4.78, 5) is 36.6. The molecule has 0 aromatic heterocycles. The number of carbonyl (C=O) groups excluding carboxylic acids is 3. The molecule has 0 atom stereocenters. The van der Waals surface area contributed by atoms with Crippen LogP contribution in [0.5, 0.6) is 5.75 Å². The summed E-state index contributed by atoms with van der Waals surface area (Å²) in [6.07, 6.45) is 0.275. The molecule has 0 heterocycles. The molecule has 32 heavy (non-hydrogen) atoms. The standard InChI is InChI=1S/C25H22ClNO5/c1-3-24(29)27-21-14-23(31-2)19(13-20(21)26)25(30)32-15-22(28)18-11-9-17(10-12-18)16-7-5-4-6-8-16/h4-14H,3,15H2,1-2H3,(H,27,29). The van der Waals surface area contributed by atoms with Crippen molar-refractivity contribution in [1.29, 1.82) is 0 Å². The molecule has 0 spiro atoms. The molecule has 0 saturated heterocycles. The zero-order valence-electron chi connectivity index (χ0n) is 17.7. The fourth-order valence-electron chi connectivity index (χ4n) is 2.99. The van der Waals surface area contributed by atoms with E-state index in [1.807, 2.05) is 42.5 Å². The largest absolute Gasteiger partial charge is 0.496 e. The summed E-state index contributed by atoms with van der Waals surface area (Å²) in [7, 11) is 1.38. The summed E-state index contributed by atoms with van der Waals surface area (Å²) >= 11 is 6.18. The maximum Gasteiger partial charge on any atom is 0.342 e. The van der Waals surface area contributed by atoms with Crippen LogP contribution in [-0.4, -0.2) is 31.4 Å². The molecule has 0 fully saturated rings. The van der Waals surface area contributed by atoms with Crippen molar-refractivity contribution in [2.75, 3.05) is 19.0 Å². The van der Waals surface area contributed by atoms with Crippen molar-refractivity contribution in [1.82, 2.24) is 0 Å². The van der Waals surface area contributed by atoms with Gasteiger partial charge in [-0.25, -0.2) is 4.79 Å². The fraction of sp³-hybridized carbons (Fsp3) is 0.160. The summed E-state index contributed by atoms with van der Waals surface area (Å²) in [5.41, 5.74) is 2.83. The average Bonchev–Trinajstić information content (AvgIpc) is 2.83. The van der Waals surface area contributed by atoms with Gasteiger partial charge in [0.1, 0.15) is 11.3 Å². The van der Waals surface area contributed by atoms with E-state index in [0.29, 0.717) is 11.3 Å². The lowest BCUT2D eigenvalue weighted by Crippen LogP contribution is -2.16. The molecule has 1 amide bonds. The number of amides is 1. The van der Waals surface area contributed by atoms with Gasteiger partial charge in [-0.15, -0.1) is 0 Å². The van der Waals surface area contributed by atoms with Crippen LogP contribution in [0.1, 0.15) is 34.1 Å². The Morgan fingerprint density at radius 1 is 0.938 bits per heavy atom. The number of Topliss-reactive ketones (excluding diaryl/α,β-unsaturated/α-hetero) is 1. The quantitative estimate of drug-likeness (QED) is 0.366. The van der Waals surface area contributed by atoms with Crippen molar-refractivity contribution in [3.8, 4) is 16.9 Å². The van der Waals surface area contributed by atoms with Crippen molar-refractivity contribution in [3.05, 3.63) is 82.9 Å². The summed E-state index contributed by atoms with van der Waals surface area (Å²) in [6, 6.07) is 19.6. The predicted octanol–water partition coefficient (Wildman–Crippen LogP) is 5.40. The van der Waals surface area contributed by atoms with E-state index in [1.165, 1.54) is 19.2 Å². The van der Waals surface area contributed by atoms with E-state index in [9.17, 15) is 14.4 Å². The normalized spacial score (nSPS) is 10.3. The monoisotopic (exact) mass is 451 g/mol. The second kappa shape index (κ2) is 10.6. The van der Waals surface area contributed by atoms with Crippen molar-refractivity contribution in [2.24, 2.45) is 0 Å². The van der Waals surface area contributed by atoms with E-state index in [0.717, 1.165) is 11.1 Å². The van der Waals surface area contributed by atoms with E-state index >= 15 is 0 Å². The van der Waals surface area contributed by atoms with Crippen molar-refractivity contribution in [2.45, 2.75) is 13.3 Å². The van der Waals surface area contributed by atoms with Gasteiger partial charge in [-0.2, -0.15) is 0 Å². The Kier molecular flexibility index (Phi) is 7.63. The molecule has 164 valence electrons. The Hall–Kier alpha value is -3.64. The number of rotatable bonds is 8. The molecule has 0 radical (unpaired) electrons. The molecular formula is C25H22ClNO5. The van der Waals surface area contributed by atoms with Crippen LogP contribution >= 0.6 is 11.6 Å². The van der Waals surface area contributed by atoms with E-state index in [-0.39, 0.29) is 34.4 Å². The Morgan fingerprint density at radius 2 is 1.59 bits per heavy atom. The summed E-state index contributed by atoms with van der Waals surface area (Å²) in [5.74, 6) is -1.15. The van der Waals surface area contributed by atoms with Gasteiger partial charge in [0, 0.05) is 18.1 Å². The molecule has 0 bridgehead atoms. The average molecular weight is 452 g/mol. The smallest absolute Gasteiger partial charge is 0.342 e. The number of esters is 1. The SMILES string of the molecule is CCC(=O)Nc1cc(OC)c(C(=O)OCC(=O)c2ccc(-c3ccccc3)cc2)cc1Cl. The minimum atomic E-state index is -0.758. The highest BCUT2D eigenvalue weighted by molar-refractivity contribution is 6.34. The second-order valence-corrected chi connectivity index (χ2v) is 7.28. The highest BCUT2D eigenvalue weighted by Gasteiger charge is 2.19. The number of benzene rings is 3. The molecule has 3 aromatic rings. The van der Waals surface area contributed by atoms with Crippen LogP contribution in [0.3, 0.4) is 0 Å². The van der Waals surface area contributed by atoms with E-state index in [4.69, 9.17) is 21.1 Å². The van der Waals surface area contributed by atoms with Crippen molar-refractivity contribution in [3.63, 3.8) is 0 Å². The number of ketones is 1. The Morgan fingerprint density at radius 3 is 2.22 bits per heavy atom. The number of halogens is 1. The first-order valence-corrected chi connectivity index (χ1v) is 10.3. The van der Waals surface area contributed by atoms with Crippen LogP contribution in [0, 0.1) is 0 Å². The molecule has 6 nitrogen and oxygen atoms in total. The van der Waals surface area contributed by atoms with Crippen LogP contribution in [0.25, 0.3) is 11.1 Å². The van der Waals surface area contributed by atoms with Crippen LogP contribution in [0.15, 0.2) is 66.7 Å². The van der Waals surface area contributed by atoms with Gasteiger partial charge < -0.3 is 14.8 Å². The van der Waals surface area contributed by atoms with E-state index in [1.54, 1.807) is 19.1 Å². The summed E-state index contributed by atoms with van der Waals surface area (Å²) in [5, 5.41) is 2.79. The van der Waals surface area contributed by atoms with Crippen LogP contribution in [0.2, 0.25) is 5.02 Å². The van der Waals surface area contributed by atoms with Gasteiger partial charge in [0.2, 0.25) is 5.91 Å². The number of hydrogen-bond donors (Lipinski definition) is 1. The Balaban J connectivity index is 1.68. The predicted molar refractivity (Wildman–Crippen MR) is 123 cm³/mol. The lowest BCUT2D eigenvalue weighted by Gasteiger charge is -2.13. The molecule has 0 saturated carbocycles. The minimum Gasteiger partial charge on any atom is -0.496 e. The van der Waals surface area contributed by atoms with Gasteiger partial charge in [-0.1, -0.05) is 73.1 Å². The lowest BCUT2D eigenvalue weighted by atomic mass is 10.0. The molecule has 1 N–H and O–H groups in total. The van der Waals surface area contributed by atoms with Gasteiger partial charge in [0.25, 0.3) is 0 Å². The Labute approximate surface area is 191 Å². The highest BCUT2D eigenvalue weighted by Crippen LogP contribution is 2.31. The first kappa shape index (κ1) is 23.0. The maximum atomic E-state index is 12.5. The van der Waals surface area contributed by atoms with Crippen molar-refractivity contribution < 1.29 is 23.9 Å². The first-order chi connectivity index (χ1) is 15.4. The molecule has 0 unspecified atom stereocenters. The van der Waals surface area contributed by atoms with Crippen LogP contribution in [-0.2, 0) is 9.53 Å². The number of nitrogens with one attached hydrogen (secondary N) is 1. The fourth-order valence-corrected chi connectivity index (χ4v) is 3.20. The third kappa shape index (κ3) is 5.53. The van der Waals surface area contributed by atoms with Crippen LogP contribution < -0.4 is 10.1 Å². The second-order valence-electron chi connectivity index (χ2n) is 6.88. The van der Waals surface area contributed by atoms with Crippen LogP contribution in [0.4, 0.5) is 5.69 Å². The topological polar surface area (TPSA) is 81.7 Å². The molecule has 3 rings (SSSR count). The number of anilines is 1. The third-order valence-electron chi connectivity index (χ3n) is 4.75. The van der Waals surface area contributed by atoms with E-state index < -0.39 is 12.6 Å². The molecular weight excluding hydrogens is 430 g/mol. The third-order valence-corrected chi connectivity index (χ3v) is 5.07. The molecule has 0 aliphatic heterocycles. The molecule has 0 aliphatic carbocycles. The van der Waals surface area contributed by atoms with Gasteiger partial charge in [0.15, 0.2) is 12.4 Å². The lowest BCUT2D eigenvalue weighted by molar-refractivity contribution is -0.115. The Bertz CT molecular complexity index is 1130. The zero-order valence-corrected chi connectivity index (χ0v) is 18.4. The molecule has 3 aromatic carbocycles. The van der Waals surface area contributed by atoms with Crippen molar-refractivity contribution >= 4 is 34.9 Å². The molecule has 0 aliphatic rings. The van der Waals surface area contributed by atoms with Gasteiger partial charge in [0.05, 0.1) is 17.8 Å². The number of carbonyl (C=O) groups is 3. The number of methoxy groups -OCH3 is 1. The minimum absolute atomic E-state index is 0.0548. The summed E-state index contributed by atoms with van der Waals surface area (Å²) in [6.45, 7) is 1.27. The van der Waals surface area contributed by atoms with Gasteiger partial charge >= 0.3 is 5.97 Å². The number of ether oxygens (including phenoxy) is 2. The van der Waals surface area contributed by atoms with Gasteiger partial charge in [-0.3, -0.25) is 9.59 Å². The first-order valence-electron chi connectivity index (χ1n) is 9.96. The molecule has 7 heteroatoms. The highest BCUT2D eigenvalue weighted by atomic mass is 35.5. The zero-order chi connectivity index (χ0) is 23.1. The number of hydrogen-bond acceptors (Lipinski definition) is 5. The van der Waals surface area contributed by atoms with Gasteiger partial charge in [-0.05, 0) is 17.2 Å².